The van der Waals surface area contributed by atoms with Crippen molar-refractivity contribution in [1.82, 2.24) is 16.0 Å². The second-order valence-corrected chi connectivity index (χ2v) is 8.19. The summed E-state index contributed by atoms with van der Waals surface area (Å²) in [6, 6.07) is -0.647. The van der Waals surface area contributed by atoms with Gasteiger partial charge in [-0.25, -0.2) is 0 Å². The number of carbonyl (C=O) groups excluding carboxylic acids is 3. The molecule has 0 aromatic rings. The summed E-state index contributed by atoms with van der Waals surface area (Å²) in [6.45, 7) is 7.53. The lowest BCUT2D eigenvalue weighted by molar-refractivity contribution is -0.129. The monoisotopic (exact) mass is 437 g/mol. The molecule has 6 heteroatoms. The van der Waals surface area contributed by atoms with Crippen LogP contribution in [-0.2, 0) is 14.4 Å². The van der Waals surface area contributed by atoms with Gasteiger partial charge in [-0.15, -0.1) is 0 Å². The van der Waals surface area contributed by atoms with Gasteiger partial charge >= 0.3 is 0 Å². The van der Waals surface area contributed by atoms with Crippen molar-refractivity contribution in [3.8, 4) is 0 Å². The Morgan fingerprint density at radius 2 is 1.35 bits per heavy atom. The van der Waals surface area contributed by atoms with Gasteiger partial charge in [0.25, 0.3) is 0 Å². The van der Waals surface area contributed by atoms with Crippen LogP contribution in [0.25, 0.3) is 0 Å². The number of allylic oxidation sites excluding steroid dienone is 2. The van der Waals surface area contributed by atoms with Gasteiger partial charge in [-0.1, -0.05) is 65.0 Å². The van der Waals surface area contributed by atoms with E-state index in [1.807, 2.05) is 0 Å². The Balaban J connectivity index is 4.27. The Labute approximate surface area is 190 Å². The summed E-state index contributed by atoms with van der Waals surface area (Å²) in [4.78, 5) is 36.8. The van der Waals surface area contributed by atoms with Gasteiger partial charge in [0.1, 0.15) is 6.04 Å². The maximum atomic E-state index is 12.5. The average molecular weight is 438 g/mol. The van der Waals surface area contributed by atoms with Gasteiger partial charge in [-0.3, -0.25) is 14.4 Å². The molecule has 0 radical (unpaired) electrons. The fraction of sp³-hybridized carbons (Fsp3) is 0.800. The molecule has 1 atom stereocenters. The van der Waals surface area contributed by atoms with Gasteiger partial charge < -0.3 is 16.0 Å². The van der Waals surface area contributed by atoms with E-state index in [0.717, 1.165) is 57.8 Å². The molecule has 180 valence electrons. The quantitative estimate of drug-likeness (QED) is 0.189. The average Bonchev–Trinajstić information content (AvgIpc) is 2.75. The zero-order chi connectivity index (χ0) is 23.2. The lowest BCUT2D eigenvalue weighted by Gasteiger charge is -2.18. The van der Waals surface area contributed by atoms with Crippen molar-refractivity contribution in [2.75, 3.05) is 13.1 Å². The summed E-state index contributed by atoms with van der Waals surface area (Å²) in [5.41, 5.74) is 0. The van der Waals surface area contributed by atoms with E-state index in [1.54, 1.807) is 0 Å². The number of unbranched alkanes of at least 4 members (excludes halogenated alkanes) is 7. The van der Waals surface area contributed by atoms with Gasteiger partial charge in [0, 0.05) is 25.9 Å². The number of nitrogens with one attached hydrogen (secondary N) is 3. The maximum Gasteiger partial charge on any atom is 0.242 e. The van der Waals surface area contributed by atoms with Crippen LogP contribution in [0.15, 0.2) is 12.2 Å². The predicted molar refractivity (Wildman–Crippen MR) is 129 cm³/mol. The van der Waals surface area contributed by atoms with Crippen LogP contribution in [0.4, 0.5) is 0 Å². The largest absolute Gasteiger partial charge is 0.356 e. The molecule has 0 heterocycles. The summed E-state index contributed by atoms with van der Waals surface area (Å²) in [6.07, 6.45) is 16.9. The molecule has 0 aliphatic heterocycles. The topological polar surface area (TPSA) is 87.3 Å². The first-order valence-corrected chi connectivity index (χ1v) is 12.5. The third-order valence-corrected chi connectivity index (χ3v) is 5.17. The zero-order valence-corrected chi connectivity index (χ0v) is 20.3. The minimum atomic E-state index is -0.647. The Bertz CT molecular complexity index is 506. The molecule has 31 heavy (non-hydrogen) atoms. The smallest absolute Gasteiger partial charge is 0.242 e. The SMILES string of the molecule is CC/C=C/CCCCCCCC(=O)N[C@@H](CCC(=O)NCCCC)C(=O)NCCCC. The highest BCUT2D eigenvalue weighted by Crippen LogP contribution is 2.08. The fourth-order valence-electron chi connectivity index (χ4n) is 3.18. The number of hydrogen-bond acceptors (Lipinski definition) is 3. The van der Waals surface area contributed by atoms with Gasteiger partial charge in [0.05, 0.1) is 0 Å². The highest BCUT2D eigenvalue weighted by atomic mass is 16.2. The van der Waals surface area contributed by atoms with Crippen LogP contribution in [-0.4, -0.2) is 36.9 Å². The van der Waals surface area contributed by atoms with Crippen molar-refractivity contribution >= 4 is 17.7 Å². The van der Waals surface area contributed by atoms with Gasteiger partial charge in [0.2, 0.25) is 17.7 Å². The van der Waals surface area contributed by atoms with Crippen molar-refractivity contribution in [2.24, 2.45) is 0 Å². The van der Waals surface area contributed by atoms with Crippen molar-refractivity contribution in [3.63, 3.8) is 0 Å². The summed E-state index contributed by atoms with van der Waals surface area (Å²) >= 11 is 0. The third-order valence-electron chi connectivity index (χ3n) is 5.17. The van der Waals surface area contributed by atoms with Crippen molar-refractivity contribution in [2.45, 2.75) is 117 Å². The normalized spacial score (nSPS) is 12.0. The molecule has 0 spiro atoms. The Morgan fingerprint density at radius 1 is 0.710 bits per heavy atom. The second kappa shape index (κ2) is 21.4. The lowest BCUT2D eigenvalue weighted by atomic mass is 10.1. The molecular weight excluding hydrogens is 390 g/mol. The first-order chi connectivity index (χ1) is 15.0. The summed E-state index contributed by atoms with van der Waals surface area (Å²) in [5.74, 6) is -0.362. The Morgan fingerprint density at radius 3 is 2.03 bits per heavy atom. The zero-order valence-electron chi connectivity index (χ0n) is 20.3. The molecule has 0 aliphatic carbocycles. The first-order valence-electron chi connectivity index (χ1n) is 12.5. The van der Waals surface area contributed by atoms with Gasteiger partial charge in [-0.05, 0) is 44.9 Å². The fourth-order valence-corrected chi connectivity index (χ4v) is 3.18. The van der Waals surface area contributed by atoms with E-state index in [9.17, 15) is 14.4 Å². The molecular formula is C25H47N3O3. The van der Waals surface area contributed by atoms with Gasteiger partial charge in [-0.2, -0.15) is 0 Å². The van der Waals surface area contributed by atoms with Crippen molar-refractivity contribution < 1.29 is 14.4 Å². The molecule has 0 saturated heterocycles. The van der Waals surface area contributed by atoms with E-state index < -0.39 is 6.04 Å². The highest BCUT2D eigenvalue weighted by molar-refractivity contribution is 5.88. The van der Waals surface area contributed by atoms with Crippen LogP contribution >= 0.6 is 0 Å². The summed E-state index contributed by atoms with van der Waals surface area (Å²) in [7, 11) is 0. The van der Waals surface area contributed by atoms with Crippen LogP contribution in [0.1, 0.15) is 111 Å². The maximum absolute atomic E-state index is 12.5. The number of hydrogen-bond donors (Lipinski definition) is 3. The third kappa shape index (κ3) is 18.6. The highest BCUT2D eigenvalue weighted by Gasteiger charge is 2.21. The number of rotatable bonds is 20. The van der Waals surface area contributed by atoms with E-state index in [0.29, 0.717) is 25.9 Å². The molecule has 0 unspecified atom stereocenters. The van der Waals surface area contributed by atoms with Crippen LogP contribution in [0.2, 0.25) is 0 Å². The number of carbonyl (C=O) groups is 3. The summed E-state index contributed by atoms with van der Waals surface area (Å²) in [5, 5.41) is 8.60. The minimum Gasteiger partial charge on any atom is -0.356 e. The van der Waals surface area contributed by atoms with E-state index >= 15 is 0 Å². The molecule has 6 nitrogen and oxygen atoms in total. The van der Waals surface area contributed by atoms with Crippen LogP contribution in [0, 0.1) is 0 Å². The molecule has 0 saturated carbocycles. The second-order valence-electron chi connectivity index (χ2n) is 8.19. The van der Waals surface area contributed by atoms with Crippen LogP contribution in [0.3, 0.4) is 0 Å². The van der Waals surface area contributed by atoms with Crippen LogP contribution in [0.5, 0.6) is 0 Å². The molecule has 0 aliphatic rings. The minimum absolute atomic E-state index is 0.0668. The van der Waals surface area contributed by atoms with E-state index in [2.05, 4.69) is 48.9 Å². The number of amides is 3. The standard InChI is InChI=1S/C25H47N3O3/c1-4-7-10-11-12-13-14-15-16-17-24(30)28-22(25(31)27-21-9-6-3)18-19-23(29)26-20-8-5-2/h7,10,22H,4-6,8-9,11-21H2,1-3H3,(H,26,29)(H,27,31)(H,28,30)/b10-7+/t22-/m0/s1. The molecule has 0 fully saturated rings. The van der Waals surface area contributed by atoms with Gasteiger partial charge in [0.15, 0.2) is 0 Å². The van der Waals surface area contributed by atoms with E-state index in [4.69, 9.17) is 0 Å². The molecule has 0 aromatic carbocycles. The van der Waals surface area contributed by atoms with Crippen molar-refractivity contribution in [3.05, 3.63) is 12.2 Å². The molecule has 3 amide bonds. The molecule has 3 N–H and O–H groups in total. The molecule has 0 rings (SSSR count). The molecule has 0 bridgehead atoms. The first kappa shape index (κ1) is 29.1. The Hall–Kier alpha value is -1.85. The lowest BCUT2D eigenvalue weighted by Crippen LogP contribution is -2.47. The molecule has 0 aromatic heterocycles. The predicted octanol–water partition coefficient (Wildman–Crippen LogP) is 4.78. The van der Waals surface area contributed by atoms with Crippen molar-refractivity contribution in [1.29, 1.82) is 0 Å². The van der Waals surface area contributed by atoms with E-state index in [-0.39, 0.29) is 24.1 Å². The van der Waals surface area contributed by atoms with E-state index in [1.165, 1.54) is 12.8 Å². The van der Waals surface area contributed by atoms with Crippen LogP contribution < -0.4 is 16.0 Å². The summed E-state index contributed by atoms with van der Waals surface area (Å²) < 4.78 is 0. The Kier molecular flexibility index (Phi) is 20.1.